The van der Waals surface area contributed by atoms with Gasteiger partial charge in [-0.3, -0.25) is 4.98 Å². The minimum atomic E-state index is -0.613. The normalized spacial score (nSPS) is 13.7. The van der Waals surface area contributed by atoms with Gasteiger partial charge in [0.1, 0.15) is 5.75 Å². The molecule has 1 aliphatic rings. The van der Waals surface area contributed by atoms with Gasteiger partial charge in [-0.05, 0) is 82.3 Å². The van der Waals surface area contributed by atoms with Crippen molar-refractivity contribution in [3.8, 4) is 28.3 Å². The van der Waals surface area contributed by atoms with Gasteiger partial charge in [0.25, 0.3) is 0 Å². The molecular formula is C39H32N2OS. The van der Waals surface area contributed by atoms with Gasteiger partial charge in [-0.15, -0.1) is 0 Å². The van der Waals surface area contributed by atoms with Crippen molar-refractivity contribution in [2.24, 2.45) is 0 Å². The molecule has 2 aromatic heterocycles. The van der Waals surface area contributed by atoms with E-state index in [9.17, 15) is 5.11 Å². The number of hydrogen-bond acceptors (Lipinski definition) is 4. The number of aromatic nitrogens is 2. The van der Waals surface area contributed by atoms with Crippen LogP contribution in [0.2, 0.25) is 0 Å². The third-order valence-electron chi connectivity index (χ3n) is 8.31. The Morgan fingerprint density at radius 3 is 1.98 bits per heavy atom. The minimum Gasteiger partial charge on any atom is -0.507 e. The number of nitrogens with zero attached hydrogens (tertiary/aromatic N) is 2. The maximum Gasteiger partial charge on any atom is 0.124 e. The van der Waals surface area contributed by atoms with Crippen LogP contribution in [0.4, 0.5) is 0 Å². The van der Waals surface area contributed by atoms with E-state index in [1.54, 1.807) is 6.07 Å². The third-order valence-corrected chi connectivity index (χ3v) is 9.47. The van der Waals surface area contributed by atoms with Gasteiger partial charge in [0.05, 0.1) is 22.5 Å². The first-order valence-corrected chi connectivity index (χ1v) is 15.4. The first kappa shape index (κ1) is 27.2. The lowest BCUT2D eigenvalue weighted by Crippen LogP contribution is -2.35. The lowest BCUT2D eigenvalue weighted by atomic mass is 9.66. The van der Waals surface area contributed by atoms with Crippen LogP contribution in [0, 0.1) is 0 Å². The van der Waals surface area contributed by atoms with Crippen LogP contribution in [-0.2, 0) is 10.8 Å². The molecule has 0 saturated carbocycles. The van der Waals surface area contributed by atoms with Crippen LogP contribution >= 0.6 is 11.8 Å². The van der Waals surface area contributed by atoms with E-state index in [0.717, 1.165) is 39.3 Å². The molecule has 0 spiro atoms. The summed E-state index contributed by atoms with van der Waals surface area (Å²) in [5.74, 6) is 0.225. The van der Waals surface area contributed by atoms with Crippen LogP contribution in [0.3, 0.4) is 0 Å². The highest BCUT2D eigenvalue weighted by Crippen LogP contribution is 2.55. The van der Waals surface area contributed by atoms with Gasteiger partial charge >= 0.3 is 0 Å². The molecule has 4 aromatic carbocycles. The molecule has 4 heteroatoms. The van der Waals surface area contributed by atoms with Crippen molar-refractivity contribution < 1.29 is 5.11 Å². The lowest BCUT2D eigenvalue weighted by Gasteiger charge is -2.41. The smallest absolute Gasteiger partial charge is 0.124 e. The summed E-state index contributed by atoms with van der Waals surface area (Å²) in [7, 11) is 0. The Labute approximate surface area is 257 Å². The van der Waals surface area contributed by atoms with Crippen LogP contribution in [0.25, 0.3) is 22.5 Å². The number of rotatable bonds is 4. The molecule has 0 aliphatic carbocycles. The molecule has 3 nitrogen and oxygen atoms in total. The molecule has 0 saturated heterocycles. The summed E-state index contributed by atoms with van der Waals surface area (Å²) in [6, 6.07) is 44.1. The summed E-state index contributed by atoms with van der Waals surface area (Å²) in [5.41, 5.74) is 8.37. The summed E-state index contributed by atoms with van der Waals surface area (Å²) in [4.78, 5) is 12.6. The van der Waals surface area contributed by atoms with Gasteiger partial charge in [0.15, 0.2) is 0 Å². The summed E-state index contributed by atoms with van der Waals surface area (Å²) in [5, 5.41) is 10.7. The standard InChI is InChI=1S/C39H32N2OS/c1-38(2,3)28-24-32(41-33(25-28)29-15-4-7-18-34(29)42)26-13-12-14-27(23-26)39(37-21-10-11-22-40-37)30-16-5-8-19-35(30)43-36-20-9-6-17-31(36)39/h4-25,42H,1-3H3. The van der Waals surface area contributed by atoms with Crippen LogP contribution in [0.15, 0.2) is 143 Å². The van der Waals surface area contributed by atoms with Crippen molar-refractivity contribution in [3.63, 3.8) is 0 Å². The highest BCUT2D eigenvalue weighted by Gasteiger charge is 2.45. The number of phenolic OH excluding ortho intramolecular Hbond substituents is 1. The van der Waals surface area contributed by atoms with Gasteiger partial charge < -0.3 is 5.11 Å². The maximum absolute atomic E-state index is 10.7. The zero-order valence-electron chi connectivity index (χ0n) is 24.5. The third kappa shape index (κ3) is 4.63. The second kappa shape index (κ2) is 10.6. The van der Waals surface area contributed by atoms with E-state index in [0.29, 0.717) is 0 Å². The van der Waals surface area contributed by atoms with Gasteiger partial charge in [-0.25, -0.2) is 4.98 Å². The molecule has 0 bridgehead atoms. The van der Waals surface area contributed by atoms with Crippen LogP contribution in [0.1, 0.15) is 48.7 Å². The summed E-state index contributed by atoms with van der Waals surface area (Å²) >= 11 is 1.82. The molecule has 0 radical (unpaired) electrons. The van der Waals surface area contributed by atoms with Crippen molar-refractivity contribution in [2.45, 2.75) is 41.4 Å². The van der Waals surface area contributed by atoms with Gasteiger partial charge in [-0.2, -0.15) is 0 Å². The van der Waals surface area contributed by atoms with Crippen molar-refractivity contribution in [1.82, 2.24) is 9.97 Å². The van der Waals surface area contributed by atoms with E-state index < -0.39 is 5.41 Å². The van der Waals surface area contributed by atoms with E-state index >= 15 is 0 Å². The fraction of sp³-hybridized carbons (Fsp3) is 0.128. The molecule has 6 aromatic rings. The summed E-state index contributed by atoms with van der Waals surface area (Å²) < 4.78 is 0. The second-order valence-electron chi connectivity index (χ2n) is 12.0. The molecule has 210 valence electrons. The van der Waals surface area contributed by atoms with E-state index in [1.165, 1.54) is 20.9 Å². The van der Waals surface area contributed by atoms with Crippen LogP contribution in [0.5, 0.6) is 5.75 Å². The monoisotopic (exact) mass is 576 g/mol. The van der Waals surface area contributed by atoms with E-state index in [4.69, 9.17) is 9.97 Å². The number of aromatic hydroxyl groups is 1. The zero-order chi connectivity index (χ0) is 29.6. The van der Waals surface area contributed by atoms with Gasteiger partial charge in [0.2, 0.25) is 0 Å². The number of para-hydroxylation sites is 1. The molecular weight excluding hydrogens is 545 g/mol. The largest absolute Gasteiger partial charge is 0.507 e. The van der Waals surface area contributed by atoms with Gasteiger partial charge in [-0.1, -0.05) is 105 Å². The molecule has 43 heavy (non-hydrogen) atoms. The highest BCUT2D eigenvalue weighted by atomic mass is 32.2. The quantitative estimate of drug-likeness (QED) is 0.227. The molecule has 0 atom stereocenters. The first-order chi connectivity index (χ1) is 20.9. The number of phenols is 1. The zero-order valence-corrected chi connectivity index (χ0v) is 25.3. The van der Waals surface area contributed by atoms with Crippen LogP contribution in [-0.4, -0.2) is 15.1 Å². The number of benzene rings is 4. The summed E-state index contributed by atoms with van der Waals surface area (Å²) in [6.45, 7) is 6.63. The number of pyridine rings is 2. The molecule has 0 unspecified atom stereocenters. The van der Waals surface area contributed by atoms with Crippen molar-refractivity contribution in [3.05, 3.63) is 162 Å². The minimum absolute atomic E-state index is 0.109. The molecule has 1 N–H and O–H groups in total. The molecule has 0 amide bonds. The van der Waals surface area contributed by atoms with Crippen molar-refractivity contribution in [1.29, 1.82) is 0 Å². The Kier molecular flexibility index (Phi) is 6.67. The summed E-state index contributed by atoms with van der Waals surface area (Å²) in [6.07, 6.45) is 1.89. The molecule has 7 rings (SSSR count). The SMILES string of the molecule is CC(C)(C)c1cc(-c2cccc(C3(c4ccccn4)c4ccccc4Sc4ccccc43)c2)nc(-c2ccccc2O)c1. The Bertz CT molecular complexity index is 1910. The molecule has 1 aliphatic heterocycles. The highest BCUT2D eigenvalue weighted by molar-refractivity contribution is 7.99. The van der Waals surface area contributed by atoms with Crippen molar-refractivity contribution in [2.75, 3.05) is 0 Å². The van der Waals surface area contributed by atoms with Gasteiger partial charge in [0, 0.05) is 27.1 Å². The predicted octanol–water partition coefficient (Wildman–Crippen LogP) is 9.66. The number of fused-ring (bicyclic) bond motifs is 2. The maximum atomic E-state index is 10.7. The van der Waals surface area contributed by atoms with E-state index in [2.05, 4.69) is 118 Å². The first-order valence-electron chi connectivity index (χ1n) is 14.6. The fourth-order valence-electron chi connectivity index (χ4n) is 6.17. The fourth-order valence-corrected chi connectivity index (χ4v) is 7.36. The van der Waals surface area contributed by atoms with E-state index in [-0.39, 0.29) is 11.2 Å². The Morgan fingerprint density at radius 2 is 1.30 bits per heavy atom. The Hall–Kier alpha value is -4.67. The number of hydrogen-bond donors (Lipinski definition) is 1. The molecule has 0 fully saturated rings. The van der Waals surface area contributed by atoms with Crippen LogP contribution < -0.4 is 0 Å². The average Bonchev–Trinajstić information content (AvgIpc) is 3.04. The molecule has 3 heterocycles. The Balaban J connectivity index is 1.51. The topological polar surface area (TPSA) is 46.0 Å². The Morgan fingerprint density at radius 1 is 0.651 bits per heavy atom. The van der Waals surface area contributed by atoms with Crippen molar-refractivity contribution >= 4 is 11.8 Å². The van der Waals surface area contributed by atoms with E-state index in [1.807, 2.05) is 42.2 Å². The lowest BCUT2D eigenvalue weighted by molar-refractivity contribution is 0.477. The predicted molar refractivity (Wildman–Crippen MR) is 176 cm³/mol. The average molecular weight is 577 g/mol. The second-order valence-corrected chi connectivity index (χ2v) is 13.1.